The number of hydrogen-bond donors (Lipinski definition) is 2. The molecule has 21 heavy (non-hydrogen) atoms. The minimum absolute atomic E-state index is 0.0276. The fraction of sp³-hybridized carbons (Fsp3) is 0.812. The van der Waals surface area contributed by atoms with E-state index >= 15 is 0 Å². The van der Waals surface area contributed by atoms with Crippen LogP contribution >= 0.6 is 0 Å². The van der Waals surface area contributed by atoms with Crippen molar-refractivity contribution in [3.05, 3.63) is 0 Å². The van der Waals surface area contributed by atoms with Crippen LogP contribution in [0, 0.1) is 10.8 Å². The van der Waals surface area contributed by atoms with Crippen LogP contribution < -0.4 is 5.32 Å². The SMILES string of the molecule is CCC(C)(CC(C)(C)C)C(=O)NC(CCC(C)=O)C(=O)O. The Balaban J connectivity index is 4.93. The van der Waals surface area contributed by atoms with Gasteiger partial charge in [-0.3, -0.25) is 4.79 Å². The Morgan fingerprint density at radius 2 is 1.67 bits per heavy atom. The van der Waals surface area contributed by atoms with Crippen molar-refractivity contribution in [3.63, 3.8) is 0 Å². The van der Waals surface area contributed by atoms with Gasteiger partial charge in [-0.15, -0.1) is 0 Å². The van der Waals surface area contributed by atoms with Gasteiger partial charge in [-0.05, 0) is 31.6 Å². The maximum atomic E-state index is 12.5. The molecular weight excluding hydrogens is 270 g/mol. The summed E-state index contributed by atoms with van der Waals surface area (Å²) >= 11 is 0. The van der Waals surface area contributed by atoms with Gasteiger partial charge in [0.15, 0.2) is 0 Å². The predicted molar refractivity (Wildman–Crippen MR) is 82.0 cm³/mol. The van der Waals surface area contributed by atoms with Gasteiger partial charge < -0.3 is 15.2 Å². The van der Waals surface area contributed by atoms with Crippen LogP contribution in [-0.4, -0.2) is 28.8 Å². The smallest absolute Gasteiger partial charge is 0.326 e. The number of Topliss-reactive ketones (excluding diaryl/α,β-unsaturated/α-hetero) is 1. The second-order valence-corrected chi connectivity index (χ2v) is 7.26. The minimum atomic E-state index is -1.10. The Morgan fingerprint density at radius 1 is 1.14 bits per heavy atom. The van der Waals surface area contributed by atoms with Crippen LogP contribution in [0.25, 0.3) is 0 Å². The van der Waals surface area contributed by atoms with Gasteiger partial charge >= 0.3 is 5.97 Å². The lowest BCUT2D eigenvalue weighted by molar-refractivity contribution is -0.144. The summed E-state index contributed by atoms with van der Waals surface area (Å²) in [5.41, 5.74) is -0.637. The second kappa shape index (κ2) is 7.57. The molecule has 0 bridgehead atoms. The standard InChI is InChI=1S/C16H29NO4/c1-7-16(6,10-15(3,4)5)14(21)17-12(13(19)20)9-8-11(2)18/h12H,7-10H2,1-6H3,(H,17,21)(H,19,20). The van der Waals surface area contributed by atoms with Crippen molar-refractivity contribution in [2.45, 2.75) is 73.3 Å². The molecule has 0 aromatic carbocycles. The fourth-order valence-corrected chi connectivity index (χ4v) is 2.47. The van der Waals surface area contributed by atoms with E-state index in [2.05, 4.69) is 26.1 Å². The number of carboxylic acids is 1. The highest BCUT2D eigenvalue weighted by atomic mass is 16.4. The maximum Gasteiger partial charge on any atom is 0.326 e. The predicted octanol–water partition coefficient (Wildman–Crippen LogP) is 2.78. The lowest BCUT2D eigenvalue weighted by Gasteiger charge is -2.34. The van der Waals surface area contributed by atoms with Crippen LogP contribution in [0.5, 0.6) is 0 Å². The molecule has 5 nitrogen and oxygen atoms in total. The highest BCUT2D eigenvalue weighted by Crippen LogP contribution is 2.36. The number of hydrogen-bond acceptors (Lipinski definition) is 3. The van der Waals surface area contributed by atoms with Gasteiger partial charge in [-0.2, -0.15) is 0 Å². The zero-order chi connectivity index (χ0) is 16.8. The molecule has 1 amide bonds. The van der Waals surface area contributed by atoms with Crippen LogP contribution in [0.4, 0.5) is 0 Å². The molecule has 0 aliphatic carbocycles. The Hall–Kier alpha value is -1.39. The van der Waals surface area contributed by atoms with E-state index < -0.39 is 17.4 Å². The second-order valence-electron chi connectivity index (χ2n) is 7.26. The van der Waals surface area contributed by atoms with Crippen LogP contribution in [0.1, 0.15) is 67.2 Å². The molecule has 2 N–H and O–H groups in total. The maximum absolute atomic E-state index is 12.5. The molecule has 0 saturated heterocycles. The summed E-state index contributed by atoms with van der Waals surface area (Å²) in [5, 5.41) is 11.8. The first-order valence-electron chi connectivity index (χ1n) is 7.44. The van der Waals surface area contributed by atoms with Gasteiger partial charge in [0, 0.05) is 11.8 Å². The third-order valence-corrected chi connectivity index (χ3v) is 3.64. The summed E-state index contributed by atoms with van der Waals surface area (Å²) in [6, 6.07) is -1.01. The molecule has 0 aromatic rings. The molecule has 0 aliphatic rings. The van der Waals surface area contributed by atoms with Gasteiger partial charge in [0.2, 0.25) is 5.91 Å². The van der Waals surface area contributed by atoms with E-state index in [-0.39, 0.29) is 29.9 Å². The molecule has 0 rings (SSSR count). The number of carboxylic acid groups (broad SMARTS) is 1. The molecular formula is C16H29NO4. The third-order valence-electron chi connectivity index (χ3n) is 3.64. The van der Waals surface area contributed by atoms with Gasteiger partial charge in [0.25, 0.3) is 0 Å². The number of aliphatic carboxylic acids is 1. The van der Waals surface area contributed by atoms with Crippen LogP contribution in [0.15, 0.2) is 0 Å². The average molecular weight is 299 g/mol. The highest BCUT2D eigenvalue weighted by molar-refractivity contribution is 5.87. The van der Waals surface area contributed by atoms with Gasteiger partial charge in [0.1, 0.15) is 11.8 Å². The molecule has 2 atom stereocenters. The Kier molecular flexibility index (Phi) is 7.07. The van der Waals surface area contributed by atoms with E-state index in [4.69, 9.17) is 0 Å². The highest BCUT2D eigenvalue weighted by Gasteiger charge is 2.37. The number of rotatable bonds is 8. The molecule has 0 saturated carbocycles. The summed E-state index contributed by atoms with van der Waals surface area (Å²) < 4.78 is 0. The van der Waals surface area contributed by atoms with Crippen LogP contribution in [0.2, 0.25) is 0 Å². The first-order chi connectivity index (χ1) is 9.41. The van der Waals surface area contributed by atoms with E-state index in [0.29, 0.717) is 12.8 Å². The van der Waals surface area contributed by atoms with Crippen molar-refractivity contribution in [2.24, 2.45) is 10.8 Å². The van der Waals surface area contributed by atoms with E-state index in [1.165, 1.54) is 6.92 Å². The first kappa shape index (κ1) is 19.6. The molecule has 5 heteroatoms. The van der Waals surface area contributed by atoms with Gasteiger partial charge in [-0.25, -0.2) is 4.79 Å². The summed E-state index contributed by atoms with van der Waals surface area (Å²) in [5.74, 6) is -1.43. The topological polar surface area (TPSA) is 83.5 Å². The Morgan fingerprint density at radius 3 is 2.00 bits per heavy atom. The number of ketones is 1. The lowest BCUT2D eigenvalue weighted by atomic mass is 9.72. The summed E-state index contributed by atoms with van der Waals surface area (Å²) in [6.07, 6.45) is 1.58. The van der Waals surface area contributed by atoms with Crippen molar-refractivity contribution in [1.82, 2.24) is 5.32 Å². The summed E-state index contributed by atoms with van der Waals surface area (Å²) in [7, 11) is 0. The number of nitrogens with one attached hydrogen (secondary N) is 1. The molecule has 0 aromatic heterocycles. The van der Waals surface area contributed by atoms with E-state index in [1.807, 2.05) is 13.8 Å². The van der Waals surface area contributed by atoms with Gasteiger partial charge in [-0.1, -0.05) is 34.6 Å². The van der Waals surface area contributed by atoms with E-state index in [1.54, 1.807) is 0 Å². The lowest BCUT2D eigenvalue weighted by Crippen LogP contribution is -2.48. The quantitative estimate of drug-likeness (QED) is 0.722. The van der Waals surface area contributed by atoms with E-state index in [0.717, 1.165) is 0 Å². The average Bonchev–Trinajstić information content (AvgIpc) is 2.31. The zero-order valence-corrected chi connectivity index (χ0v) is 14.1. The normalized spacial score (nSPS) is 15.9. The van der Waals surface area contributed by atoms with Crippen LogP contribution in [-0.2, 0) is 14.4 Å². The zero-order valence-electron chi connectivity index (χ0n) is 14.1. The first-order valence-corrected chi connectivity index (χ1v) is 7.44. The van der Waals surface area contributed by atoms with Gasteiger partial charge in [0.05, 0.1) is 0 Å². The molecule has 0 aliphatic heterocycles. The summed E-state index contributed by atoms with van der Waals surface area (Å²) in [4.78, 5) is 34.7. The molecule has 0 spiro atoms. The molecule has 122 valence electrons. The Labute approximate surface area is 127 Å². The van der Waals surface area contributed by atoms with Crippen molar-refractivity contribution in [3.8, 4) is 0 Å². The van der Waals surface area contributed by atoms with Crippen LogP contribution in [0.3, 0.4) is 0 Å². The molecule has 0 fully saturated rings. The van der Waals surface area contributed by atoms with Crippen molar-refractivity contribution < 1.29 is 19.5 Å². The minimum Gasteiger partial charge on any atom is -0.480 e. The fourth-order valence-electron chi connectivity index (χ4n) is 2.47. The number of amides is 1. The van der Waals surface area contributed by atoms with Crippen molar-refractivity contribution in [1.29, 1.82) is 0 Å². The third kappa shape index (κ3) is 7.25. The molecule has 0 radical (unpaired) electrons. The Bertz CT molecular complexity index is 398. The monoisotopic (exact) mass is 299 g/mol. The van der Waals surface area contributed by atoms with Crippen molar-refractivity contribution >= 4 is 17.7 Å². The molecule has 2 unspecified atom stereocenters. The van der Waals surface area contributed by atoms with E-state index in [9.17, 15) is 19.5 Å². The molecule has 0 heterocycles. The largest absolute Gasteiger partial charge is 0.480 e. The number of carbonyl (C=O) groups is 3. The number of carbonyl (C=O) groups excluding carboxylic acids is 2. The summed E-state index contributed by atoms with van der Waals surface area (Å²) in [6.45, 7) is 11.4. The van der Waals surface area contributed by atoms with Crippen molar-refractivity contribution in [2.75, 3.05) is 0 Å².